The highest BCUT2D eigenvalue weighted by Crippen LogP contribution is 2.27. The molecule has 1 heterocycles. The van der Waals surface area contributed by atoms with Gasteiger partial charge in [0.1, 0.15) is 0 Å². The SMILES string of the molecule is C[C@@H](CN)NC(=O)c1nn(-c2ccc(Cl)cc2)c2c1CCCCC2. The Morgan fingerprint density at radius 3 is 2.71 bits per heavy atom. The lowest BCUT2D eigenvalue weighted by Crippen LogP contribution is -2.38. The van der Waals surface area contributed by atoms with Gasteiger partial charge in [0.05, 0.1) is 5.69 Å². The number of fused-ring (bicyclic) bond motifs is 1. The number of nitrogens with two attached hydrogens (primary N) is 1. The third kappa shape index (κ3) is 3.47. The number of carbonyl (C=O) groups is 1. The number of benzene rings is 1. The maximum absolute atomic E-state index is 12.6. The van der Waals surface area contributed by atoms with Crippen molar-refractivity contribution in [2.24, 2.45) is 5.73 Å². The number of hydrogen-bond acceptors (Lipinski definition) is 3. The Morgan fingerprint density at radius 2 is 2.00 bits per heavy atom. The van der Waals surface area contributed by atoms with Gasteiger partial charge < -0.3 is 11.1 Å². The monoisotopic (exact) mass is 346 g/mol. The maximum atomic E-state index is 12.6. The van der Waals surface area contributed by atoms with Crippen molar-refractivity contribution in [1.29, 1.82) is 0 Å². The molecule has 1 atom stereocenters. The predicted octanol–water partition coefficient (Wildman–Crippen LogP) is 2.87. The van der Waals surface area contributed by atoms with Crippen molar-refractivity contribution < 1.29 is 4.79 Å². The molecule has 0 unspecified atom stereocenters. The highest BCUT2D eigenvalue weighted by molar-refractivity contribution is 6.30. The van der Waals surface area contributed by atoms with Gasteiger partial charge in [0.15, 0.2) is 5.69 Å². The van der Waals surface area contributed by atoms with Gasteiger partial charge in [-0.3, -0.25) is 4.79 Å². The van der Waals surface area contributed by atoms with E-state index >= 15 is 0 Å². The lowest BCUT2D eigenvalue weighted by Gasteiger charge is -2.10. The van der Waals surface area contributed by atoms with E-state index in [1.165, 1.54) is 6.42 Å². The zero-order valence-corrected chi connectivity index (χ0v) is 14.6. The van der Waals surface area contributed by atoms with E-state index < -0.39 is 0 Å². The molecule has 0 aliphatic heterocycles. The first kappa shape index (κ1) is 17.0. The number of carbonyl (C=O) groups excluding carboxylic acids is 1. The van der Waals surface area contributed by atoms with Gasteiger partial charge in [-0.1, -0.05) is 18.0 Å². The fraction of sp³-hybridized carbons (Fsp3) is 0.444. The number of nitrogens with one attached hydrogen (secondary N) is 1. The van der Waals surface area contributed by atoms with E-state index in [-0.39, 0.29) is 11.9 Å². The molecule has 0 bridgehead atoms. The second-order valence-corrected chi connectivity index (χ2v) is 6.77. The van der Waals surface area contributed by atoms with Crippen LogP contribution in [-0.4, -0.2) is 28.3 Å². The minimum absolute atomic E-state index is 0.0698. The molecule has 0 saturated heterocycles. The molecule has 0 fully saturated rings. The average Bonchev–Trinajstić information content (AvgIpc) is 2.77. The summed E-state index contributed by atoms with van der Waals surface area (Å²) >= 11 is 5.99. The summed E-state index contributed by atoms with van der Waals surface area (Å²) < 4.78 is 1.90. The van der Waals surface area contributed by atoms with Crippen LogP contribution in [0.3, 0.4) is 0 Å². The van der Waals surface area contributed by atoms with E-state index in [4.69, 9.17) is 17.3 Å². The van der Waals surface area contributed by atoms with Gasteiger partial charge in [0, 0.05) is 28.9 Å². The zero-order chi connectivity index (χ0) is 17.1. The van der Waals surface area contributed by atoms with E-state index in [1.807, 2.05) is 35.9 Å². The molecule has 24 heavy (non-hydrogen) atoms. The topological polar surface area (TPSA) is 72.9 Å². The van der Waals surface area contributed by atoms with Crippen LogP contribution in [0.15, 0.2) is 24.3 Å². The molecule has 1 aromatic carbocycles. The van der Waals surface area contributed by atoms with Gasteiger partial charge in [0.25, 0.3) is 5.91 Å². The summed E-state index contributed by atoms with van der Waals surface area (Å²) in [4.78, 5) is 12.6. The van der Waals surface area contributed by atoms with Gasteiger partial charge >= 0.3 is 0 Å². The van der Waals surface area contributed by atoms with Crippen molar-refractivity contribution in [3.05, 3.63) is 46.2 Å². The normalized spacial score (nSPS) is 15.5. The Labute approximate surface area is 147 Å². The van der Waals surface area contributed by atoms with Crippen LogP contribution in [0.1, 0.15) is 47.9 Å². The number of amides is 1. The van der Waals surface area contributed by atoms with Crippen LogP contribution in [0.4, 0.5) is 0 Å². The first-order chi connectivity index (χ1) is 11.6. The van der Waals surface area contributed by atoms with Crippen molar-refractivity contribution in [3.8, 4) is 5.69 Å². The van der Waals surface area contributed by atoms with Crippen molar-refractivity contribution >= 4 is 17.5 Å². The molecule has 2 aromatic rings. The van der Waals surface area contributed by atoms with E-state index in [2.05, 4.69) is 10.4 Å². The highest BCUT2D eigenvalue weighted by atomic mass is 35.5. The smallest absolute Gasteiger partial charge is 0.272 e. The van der Waals surface area contributed by atoms with Crippen LogP contribution in [0.5, 0.6) is 0 Å². The number of hydrogen-bond donors (Lipinski definition) is 2. The Hall–Kier alpha value is -1.85. The summed E-state index contributed by atoms with van der Waals surface area (Å²) in [5, 5.41) is 8.26. The minimum Gasteiger partial charge on any atom is -0.347 e. The Kier molecular flexibility index (Phi) is 5.21. The summed E-state index contributed by atoms with van der Waals surface area (Å²) in [5.41, 5.74) is 9.29. The molecular formula is C18H23ClN4O. The molecule has 6 heteroatoms. The van der Waals surface area contributed by atoms with Crippen LogP contribution >= 0.6 is 11.6 Å². The summed E-state index contributed by atoms with van der Waals surface area (Å²) in [6.07, 6.45) is 5.21. The van der Waals surface area contributed by atoms with E-state index in [9.17, 15) is 4.79 Å². The average molecular weight is 347 g/mol. The summed E-state index contributed by atoms with van der Waals surface area (Å²) in [5.74, 6) is -0.140. The lowest BCUT2D eigenvalue weighted by atomic mass is 10.1. The standard InChI is InChI=1S/C18H23ClN4O/c1-12(11-20)21-18(24)17-15-5-3-2-4-6-16(15)23(22-17)14-9-7-13(19)8-10-14/h7-10,12H,2-6,11,20H2,1H3,(H,21,24)/t12-/m0/s1. The van der Waals surface area contributed by atoms with Gasteiger partial charge in [-0.2, -0.15) is 5.10 Å². The summed E-state index contributed by atoms with van der Waals surface area (Å²) in [6.45, 7) is 2.30. The van der Waals surface area contributed by atoms with Crippen LogP contribution in [-0.2, 0) is 12.8 Å². The first-order valence-electron chi connectivity index (χ1n) is 8.47. The molecule has 0 radical (unpaired) electrons. The van der Waals surface area contributed by atoms with Crippen LogP contribution in [0.2, 0.25) is 5.02 Å². The molecule has 3 rings (SSSR count). The van der Waals surface area contributed by atoms with Gasteiger partial charge in [0.2, 0.25) is 0 Å². The van der Waals surface area contributed by atoms with Crippen molar-refractivity contribution in [2.45, 2.75) is 45.1 Å². The lowest BCUT2D eigenvalue weighted by molar-refractivity contribution is 0.0935. The quantitative estimate of drug-likeness (QED) is 0.836. The van der Waals surface area contributed by atoms with Gasteiger partial charge in [-0.05, 0) is 56.9 Å². The fourth-order valence-electron chi connectivity index (χ4n) is 3.11. The summed E-state index contributed by atoms with van der Waals surface area (Å²) in [6, 6.07) is 7.49. The maximum Gasteiger partial charge on any atom is 0.272 e. The molecule has 1 aromatic heterocycles. The van der Waals surface area contributed by atoms with E-state index in [0.717, 1.165) is 42.6 Å². The number of nitrogens with zero attached hydrogens (tertiary/aromatic N) is 2. The van der Waals surface area contributed by atoms with Crippen LogP contribution in [0.25, 0.3) is 5.69 Å². The molecule has 0 spiro atoms. The molecule has 3 N–H and O–H groups in total. The van der Waals surface area contributed by atoms with Crippen molar-refractivity contribution in [2.75, 3.05) is 6.54 Å². The third-order valence-corrected chi connectivity index (χ3v) is 4.70. The predicted molar refractivity (Wildman–Crippen MR) is 95.8 cm³/mol. The van der Waals surface area contributed by atoms with E-state index in [0.29, 0.717) is 17.3 Å². The molecule has 0 saturated carbocycles. The van der Waals surface area contributed by atoms with Gasteiger partial charge in [-0.15, -0.1) is 0 Å². The van der Waals surface area contributed by atoms with Crippen LogP contribution in [0, 0.1) is 0 Å². The molecule has 5 nitrogen and oxygen atoms in total. The van der Waals surface area contributed by atoms with Crippen LogP contribution < -0.4 is 11.1 Å². The second kappa shape index (κ2) is 7.36. The Bertz CT molecular complexity index is 723. The fourth-order valence-corrected chi connectivity index (χ4v) is 3.23. The van der Waals surface area contributed by atoms with E-state index in [1.54, 1.807) is 0 Å². The second-order valence-electron chi connectivity index (χ2n) is 6.33. The molecular weight excluding hydrogens is 324 g/mol. The van der Waals surface area contributed by atoms with Crippen molar-refractivity contribution in [3.63, 3.8) is 0 Å². The number of halogens is 1. The molecule has 128 valence electrons. The van der Waals surface area contributed by atoms with Crippen molar-refractivity contribution in [1.82, 2.24) is 15.1 Å². The largest absolute Gasteiger partial charge is 0.347 e. The summed E-state index contributed by atoms with van der Waals surface area (Å²) in [7, 11) is 0. The first-order valence-corrected chi connectivity index (χ1v) is 8.85. The molecule has 1 aliphatic carbocycles. The van der Waals surface area contributed by atoms with Gasteiger partial charge in [-0.25, -0.2) is 4.68 Å². The minimum atomic E-state index is -0.140. The molecule has 1 amide bonds. The number of aromatic nitrogens is 2. The highest BCUT2D eigenvalue weighted by Gasteiger charge is 2.25. The Morgan fingerprint density at radius 1 is 1.29 bits per heavy atom. The zero-order valence-electron chi connectivity index (χ0n) is 13.9. The Balaban J connectivity index is 2.03. The number of rotatable bonds is 4. The third-order valence-electron chi connectivity index (χ3n) is 4.45. The molecule has 1 aliphatic rings.